The smallest absolute Gasteiger partial charge is 0.265 e. The van der Waals surface area contributed by atoms with E-state index in [0.29, 0.717) is 0 Å². The van der Waals surface area contributed by atoms with Crippen molar-refractivity contribution in [3.05, 3.63) is 43.9 Å². The molecule has 0 saturated heterocycles. The van der Waals surface area contributed by atoms with E-state index in [2.05, 4.69) is 0 Å². The van der Waals surface area contributed by atoms with Crippen LogP contribution < -0.4 is 16.2 Å². The van der Waals surface area contributed by atoms with Crippen molar-refractivity contribution >= 4 is 232 Å². The first kappa shape index (κ1) is 30.4. The average molecular weight is 910 g/mol. The summed E-state index contributed by atoms with van der Waals surface area (Å²) >= 11 is 33.1. The minimum Gasteiger partial charge on any atom is -0.265 e. The van der Waals surface area contributed by atoms with Gasteiger partial charge in [0.25, 0.3) is 16.2 Å². The van der Waals surface area contributed by atoms with Crippen LogP contribution in [0.1, 0.15) is 0 Å². The fourth-order valence-corrected chi connectivity index (χ4v) is 43.7. The van der Waals surface area contributed by atoms with Crippen molar-refractivity contribution in [2.45, 2.75) is 41.9 Å². The first-order chi connectivity index (χ1) is 19.6. The topological polar surface area (TPSA) is 68.3 Å². The van der Waals surface area contributed by atoms with Crippen molar-refractivity contribution in [2.24, 2.45) is 0 Å². The van der Waals surface area contributed by atoms with Crippen molar-refractivity contribution in [1.82, 2.24) is 0 Å². The van der Waals surface area contributed by atoms with Crippen LogP contribution in [0.3, 0.4) is 0 Å². The van der Waals surface area contributed by atoms with E-state index >= 15 is 0 Å². The Morgan fingerprint density at radius 1 is 0.268 bits per heavy atom. The molecule has 6 aliphatic rings. The van der Waals surface area contributed by atoms with E-state index in [1.807, 2.05) is 94.1 Å². The van der Waals surface area contributed by atoms with Gasteiger partial charge in [-0.05, 0) is 0 Å². The quantitative estimate of drug-likeness (QED) is 0.168. The van der Waals surface area contributed by atoms with Crippen molar-refractivity contribution in [3.63, 3.8) is 0 Å². The number of hydrogen-bond acceptors (Lipinski definition) is 24. The van der Waals surface area contributed by atoms with Crippen LogP contribution in [-0.2, 0) is 0 Å². The van der Waals surface area contributed by atoms with Gasteiger partial charge in [-0.3, -0.25) is 19.2 Å². The lowest BCUT2D eigenvalue weighted by molar-refractivity contribution is 1.56. The minimum atomic E-state index is -0.0171. The zero-order valence-electron chi connectivity index (χ0n) is 18.3. The Balaban J connectivity index is 0.000000124. The molecule has 10 rings (SSSR count). The maximum absolute atomic E-state index is 11.5. The summed E-state index contributed by atoms with van der Waals surface area (Å²) in [6, 6.07) is 0. The van der Waals surface area contributed by atoms with Gasteiger partial charge in [0.05, 0.1) is 42.1 Å². The monoisotopic (exact) mass is 907 g/mol. The number of fused-ring (bicyclic) bond motifs is 4. The molecule has 41 heavy (non-hydrogen) atoms. The third-order valence-corrected chi connectivity index (χ3v) is 35.6. The van der Waals surface area contributed by atoms with Gasteiger partial charge in [0, 0.05) is 0 Å². The van der Waals surface area contributed by atoms with E-state index in [0.717, 1.165) is 16.8 Å². The molecule has 0 aliphatic carbocycles. The van der Waals surface area contributed by atoms with Crippen molar-refractivity contribution < 1.29 is 0 Å². The van der Waals surface area contributed by atoms with Gasteiger partial charge in [0.15, 0.2) is 8.23 Å². The van der Waals surface area contributed by atoms with Crippen LogP contribution in [0.5, 0.6) is 0 Å². The van der Waals surface area contributed by atoms with Gasteiger partial charge in [0.2, 0.25) is 0 Å². The lowest BCUT2D eigenvalue weighted by atomic mass is 11.1. The molecule has 0 fully saturated rings. The lowest BCUT2D eigenvalue weighted by Crippen LogP contribution is -2.06. The van der Waals surface area contributed by atoms with Gasteiger partial charge < -0.3 is 0 Å². The van der Waals surface area contributed by atoms with E-state index in [1.54, 1.807) is 47.0 Å². The summed E-state index contributed by atoms with van der Waals surface area (Å²) < 4.78 is 13.0. The highest BCUT2D eigenvalue weighted by atomic mass is 32.4. The SMILES string of the molecule is O=c1sc2c(s1)SC1(S2)Sc2sc(=O)sc2S1.O=c1sc2c(s1)SC1(SC3=C(S1)SC1(S3)Sc3sc(=O)sc3S1)S2. The van der Waals surface area contributed by atoms with E-state index in [-0.39, 0.29) is 24.5 Å². The molecule has 0 amide bonds. The molecule has 0 aromatic carbocycles. The van der Waals surface area contributed by atoms with Gasteiger partial charge in [-0.15, -0.1) is 0 Å². The molecule has 212 valence electrons. The fraction of sp³-hybridized carbons (Fsp3) is 0.176. The maximum atomic E-state index is 11.5. The molecule has 4 aromatic rings. The van der Waals surface area contributed by atoms with Crippen molar-refractivity contribution in [1.29, 1.82) is 0 Å². The second kappa shape index (κ2) is 11.2. The molecule has 4 nitrogen and oxygen atoms in total. The van der Waals surface area contributed by atoms with Crippen LogP contribution in [0.4, 0.5) is 0 Å². The molecule has 4 aromatic heterocycles. The first-order valence-corrected chi connectivity index (χ1v) is 26.6. The number of rotatable bonds is 0. The van der Waals surface area contributed by atoms with Crippen LogP contribution in [0, 0.1) is 0 Å². The summed E-state index contributed by atoms with van der Waals surface area (Å²) in [5.74, 6) is 0. The van der Waals surface area contributed by atoms with Crippen LogP contribution in [0.2, 0.25) is 0 Å². The van der Waals surface area contributed by atoms with Crippen molar-refractivity contribution in [2.75, 3.05) is 0 Å². The Morgan fingerprint density at radius 3 is 0.634 bits per heavy atom. The molecule has 0 unspecified atom stereocenters. The van der Waals surface area contributed by atoms with E-state index in [1.165, 1.54) is 116 Å². The second-order valence-corrected chi connectivity index (χ2v) is 38.2. The molecule has 0 radical (unpaired) electrons. The summed E-state index contributed by atoms with van der Waals surface area (Å²) in [6.07, 6.45) is 0. The molecular formula is C17O4S20. The molecular weight excluding hydrogens is 910 g/mol. The molecule has 24 heteroatoms. The molecule has 3 spiro atoms. The van der Waals surface area contributed by atoms with Gasteiger partial charge in [-0.25, -0.2) is 0 Å². The maximum Gasteiger partial charge on any atom is 0.289 e. The van der Waals surface area contributed by atoms with E-state index < -0.39 is 0 Å². The van der Waals surface area contributed by atoms with Crippen LogP contribution >= 0.6 is 232 Å². The standard InChI is InChI=1S/C10O2S12.C7O2S8/c11-7-13-1-2(14-7)18-9(17-1)21-5-6(22-9)24-10(23-5)19-3-4(20-10)16-8(12)15-3;8-5-10-1-2(11-5)15-7(14-1)16-3-4(17-7)13-6(9)12-3. The third-order valence-electron chi connectivity index (χ3n) is 4.85. The Kier molecular flexibility index (Phi) is 8.29. The second-order valence-electron chi connectivity index (χ2n) is 7.42. The molecule has 6 aliphatic heterocycles. The van der Waals surface area contributed by atoms with Gasteiger partial charge in [-0.1, -0.05) is 232 Å². The molecule has 0 bridgehead atoms. The highest BCUT2D eigenvalue weighted by Gasteiger charge is 2.58. The molecule has 0 N–H and O–H groups in total. The van der Waals surface area contributed by atoms with Crippen molar-refractivity contribution in [3.8, 4) is 0 Å². The van der Waals surface area contributed by atoms with E-state index in [4.69, 9.17) is 0 Å². The molecule has 0 atom stereocenters. The van der Waals surface area contributed by atoms with Crippen LogP contribution in [0.25, 0.3) is 0 Å². The normalized spacial score (nSPS) is 22.8. The Labute approximate surface area is 312 Å². The van der Waals surface area contributed by atoms with Gasteiger partial charge in [-0.2, -0.15) is 0 Å². The summed E-state index contributed by atoms with van der Waals surface area (Å²) in [4.78, 5) is 45.6. The highest BCUT2D eigenvalue weighted by molar-refractivity contribution is 8.64. The summed E-state index contributed by atoms with van der Waals surface area (Å²) in [5, 5.41) is 0. The Hall–Kier alpha value is 3.34. The fourth-order valence-electron chi connectivity index (χ4n) is 3.47. The molecule has 10 heterocycles. The number of hydrogen-bond donors (Lipinski definition) is 0. The van der Waals surface area contributed by atoms with Crippen LogP contribution in [0.15, 0.2) is 61.3 Å². The minimum absolute atomic E-state index is 0.0171. The zero-order chi connectivity index (χ0) is 27.7. The largest absolute Gasteiger partial charge is 0.289 e. The predicted molar refractivity (Wildman–Crippen MR) is 206 cm³/mol. The summed E-state index contributed by atoms with van der Waals surface area (Å²) in [7, 11) is 0. The molecule has 0 saturated carbocycles. The van der Waals surface area contributed by atoms with Crippen LogP contribution in [-0.4, -0.2) is 8.23 Å². The summed E-state index contributed by atoms with van der Waals surface area (Å²) in [5.41, 5.74) is 0. The Bertz CT molecular complexity index is 1760. The Morgan fingerprint density at radius 2 is 0.439 bits per heavy atom. The lowest BCUT2D eigenvalue weighted by Gasteiger charge is -2.25. The van der Waals surface area contributed by atoms with Gasteiger partial charge in [0.1, 0.15) is 0 Å². The van der Waals surface area contributed by atoms with Gasteiger partial charge >= 0.3 is 0 Å². The van der Waals surface area contributed by atoms with E-state index in [9.17, 15) is 19.2 Å². The zero-order valence-corrected chi connectivity index (χ0v) is 34.6. The number of thioether (sulfide) groups is 12. The summed E-state index contributed by atoms with van der Waals surface area (Å²) in [6.45, 7) is 0. The predicted octanol–water partition coefficient (Wildman–Crippen LogP) is 11.4. The first-order valence-electron chi connectivity index (χ1n) is 10.2. The average Bonchev–Trinajstić information content (AvgIpc) is 3.70. The third kappa shape index (κ3) is 5.57. The highest BCUT2D eigenvalue weighted by Crippen LogP contribution is 2.85.